The average molecular weight is 187 g/mol. The zero-order valence-corrected chi connectivity index (χ0v) is 8.29. The zero-order valence-electron chi connectivity index (χ0n) is 8.29. The first-order valence-electron chi connectivity index (χ1n) is 4.08. The van der Waals surface area contributed by atoms with Gasteiger partial charge in [-0.15, -0.1) is 0 Å². The maximum Gasteiger partial charge on any atom is 0.220 e. The Morgan fingerprint density at radius 3 is 2.46 bits per heavy atom. The van der Waals surface area contributed by atoms with Crippen LogP contribution in [0.25, 0.3) is 0 Å². The molecule has 0 spiro atoms. The number of nitrogens with two attached hydrogens (primary N) is 1. The molecule has 0 aromatic carbocycles. The second kappa shape index (κ2) is 4.69. The van der Waals surface area contributed by atoms with Crippen LogP contribution < -0.4 is 11.1 Å². The van der Waals surface area contributed by atoms with Crippen LogP contribution in [0.5, 0.6) is 0 Å². The van der Waals surface area contributed by atoms with Gasteiger partial charge in [-0.3, -0.25) is 4.79 Å². The monoisotopic (exact) mass is 187 g/mol. The summed E-state index contributed by atoms with van der Waals surface area (Å²) in [6.07, 6.45) is 0.422. The summed E-state index contributed by atoms with van der Waals surface area (Å²) in [6, 6.07) is 0. The fourth-order valence-corrected chi connectivity index (χ4v) is 0.769. The Hall–Kier alpha value is -1.26. The summed E-state index contributed by atoms with van der Waals surface area (Å²) in [5, 5.41) is 13.5. The third-order valence-electron chi connectivity index (χ3n) is 1.29. The highest BCUT2D eigenvalue weighted by Crippen LogP contribution is 2.17. The first-order valence-corrected chi connectivity index (χ1v) is 4.08. The van der Waals surface area contributed by atoms with Crippen molar-refractivity contribution in [3.8, 4) is 0 Å². The van der Waals surface area contributed by atoms with Gasteiger partial charge in [0.2, 0.25) is 5.91 Å². The quantitative estimate of drug-likeness (QED) is 0.257. The predicted molar refractivity (Wildman–Crippen MR) is 50.5 cm³/mol. The average Bonchev–Trinajstić information content (AvgIpc) is 1.97. The lowest BCUT2D eigenvalue weighted by molar-refractivity contribution is -0.122. The predicted octanol–water partition coefficient (Wildman–Crippen LogP) is 0.285. The SMILES string of the molecule is CC(C)(C)CC(=O)NC/C(N)=N/O. The topological polar surface area (TPSA) is 87.7 Å². The number of oxime groups is 1. The molecule has 0 unspecified atom stereocenters. The van der Waals surface area contributed by atoms with E-state index in [-0.39, 0.29) is 23.7 Å². The van der Waals surface area contributed by atoms with Gasteiger partial charge in [0.1, 0.15) is 0 Å². The lowest BCUT2D eigenvalue weighted by Gasteiger charge is -2.16. The number of carbonyl (C=O) groups excluding carboxylic acids is 1. The van der Waals surface area contributed by atoms with Crippen molar-refractivity contribution in [1.82, 2.24) is 5.32 Å². The summed E-state index contributed by atoms with van der Waals surface area (Å²) < 4.78 is 0. The first kappa shape index (κ1) is 11.7. The lowest BCUT2D eigenvalue weighted by Crippen LogP contribution is -2.35. The van der Waals surface area contributed by atoms with E-state index in [2.05, 4.69) is 10.5 Å². The molecule has 0 radical (unpaired) electrons. The van der Waals surface area contributed by atoms with Crippen LogP contribution in [0.4, 0.5) is 0 Å². The van der Waals surface area contributed by atoms with Crippen LogP contribution in [-0.4, -0.2) is 23.5 Å². The van der Waals surface area contributed by atoms with Crippen LogP contribution >= 0.6 is 0 Å². The molecule has 0 saturated heterocycles. The Morgan fingerprint density at radius 1 is 1.54 bits per heavy atom. The zero-order chi connectivity index (χ0) is 10.5. The molecule has 0 aliphatic carbocycles. The van der Waals surface area contributed by atoms with E-state index in [0.29, 0.717) is 6.42 Å². The first-order chi connectivity index (χ1) is 5.85. The van der Waals surface area contributed by atoms with E-state index in [9.17, 15) is 4.79 Å². The van der Waals surface area contributed by atoms with Crippen molar-refractivity contribution in [2.45, 2.75) is 27.2 Å². The molecule has 0 aliphatic rings. The highest BCUT2D eigenvalue weighted by atomic mass is 16.4. The number of rotatable bonds is 3. The maximum atomic E-state index is 11.2. The van der Waals surface area contributed by atoms with E-state index in [0.717, 1.165) is 0 Å². The van der Waals surface area contributed by atoms with Gasteiger partial charge in [0.05, 0.1) is 6.54 Å². The molecule has 0 atom stereocenters. The number of hydrogen-bond donors (Lipinski definition) is 3. The molecule has 5 heteroatoms. The third-order valence-corrected chi connectivity index (χ3v) is 1.29. The van der Waals surface area contributed by atoms with Crippen LogP contribution in [0.15, 0.2) is 5.16 Å². The summed E-state index contributed by atoms with van der Waals surface area (Å²) >= 11 is 0. The number of nitrogens with one attached hydrogen (secondary N) is 1. The van der Waals surface area contributed by atoms with Crippen molar-refractivity contribution in [2.75, 3.05) is 6.54 Å². The Morgan fingerprint density at radius 2 is 2.08 bits per heavy atom. The molecule has 0 fully saturated rings. The highest BCUT2D eigenvalue weighted by molar-refractivity contribution is 5.86. The fourth-order valence-electron chi connectivity index (χ4n) is 0.769. The number of amidine groups is 1. The van der Waals surface area contributed by atoms with Gasteiger partial charge in [0.25, 0.3) is 0 Å². The molecule has 13 heavy (non-hydrogen) atoms. The smallest absolute Gasteiger partial charge is 0.220 e. The molecule has 0 aromatic heterocycles. The molecule has 76 valence electrons. The van der Waals surface area contributed by atoms with Crippen LogP contribution in [0.1, 0.15) is 27.2 Å². The van der Waals surface area contributed by atoms with Gasteiger partial charge in [-0.2, -0.15) is 0 Å². The van der Waals surface area contributed by atoms with Crippen LogP contribution in [0.3, 0.4) is 0 Å². The van der Waals surface area contributed by atoms with E-state index in [4.69, 9.17) is 10.9 Å². The van der Waals surface area contributed by atoms with Crippen molar-refractivity contribution in [2.24, 2.45) is 16.3 Å². The lowest BCUT2D eigenvalue weighted by atomic mass is 9.92. The highest BCUT2D eigenvalue weighted by Gasteiger charge is 2.15. The molecule has 5 nitrogen and oxygen atoms in total. The van der Waals surface area contributed by atoms with Gasteiger partial charge >= 0.3 is 0 Å². The van der Waals surface area contributed by atoms with Gasteiger partial charge in [0.15, 0.2) is 5.84 Å². The van der Waals surface area contributed by atoms with Crippen LogP contribution in [0, 0.1) is 5.41 Å². The Labute approximate surface area is 78.0 Å². The molecule has 0 aliphatic heterocycles. The minimum absolute atomic E-state index is 0.00209. The van der Waals surface area contributed by atoms with Gasteiger partial charge in [0, 0.05) is 6.42 Å². The number of amides is 1. The van der Waals surface area contributed by atoms with E-state index in [1.165, 1.54) is 0 Å². The summed E-state index contributed by atoms with van der Waals surface area (Å²) in [7, 11) is 0. The minimum Gasteiger partial charge on any atom is -0.409 e. The normalized spacial score (nSPS) is 12.7. The van der Waals surface area contributed by atoms with Gasteiger partial charge < -0.3 is 16.3 Å². The molecule has 4 N–H and O–H groups in total. The van der Waals surface area contributed by atoms with Gasteiger partial charge in [-0.1, -0.05) is 25.9 Å². The Bertz CT molecular complexity index is 206. The van der Waals surface area contributed by atoms with Gasteiger partial charge in [-0.05, 0) is 5.41 Å². The second-order valence-corrected chi connectivity index (χ2v) is 4.11. The fraction of sp³-hybridized carbons (Fsp3) is 0.750. The molecular formula is C8H17N3O2. The molecule has 0 bridgehead atoms. The molecule has 0 aromatic rings. The van der Waals surface area contributed by atoms with E-state index < -0.39 is 0 Å². The molecule has 0 rings (SSSR count). The number of carbonyl (C=O) groups is 1. The van der Waals surface area contributed by atoms with Gasteiger partial charge in [-0.25, -0.2) is 0 Å². The van der Waals surface area contributed by atoms with Crippen molar-refractivity contribution in [3.05, 3.63) is 0 Å². The molecular weight excluding hydrogens is 170 g/mol. The van der Waals surface area contributed by atoms with Crippen molar-refractivity contribution < 1.29 is 10.0 Å². The summed E-state index contributed by atoms with van der Waals surface area (Å²) in [4.78, 5) is 11.2. The maximum absolute atomic E-state index is 11.2. The summed E-state index contributed by atoms with van der Waals surface area (Å²) in [6.45, 7) is 5.99. The second-order valence-electron chi connectivity index (χ2n) is 4.11. The van der Waals surface area contributed by atoms with Crippen molar-refractivity contribution >= 4 is 11.7 Å². The Kier molecular flexibility index (Phi) is 4.23. The van der Waals surface area contributed by atoms with Crippen LogP contribution in [0.2, 0.25) is 0 Å². The molecule has 0 saturated carbocycles. The van der Waals surface area contributed by atoms with E-state index in [1.807, 2.05) is 20.8 Å². The largest absolute Gasteiger partial charge is 0.409 e. The number of nitrogens with zero attached hydrogens (tertiary/aromatic N) is 1. The van der Waals surface area contributed by atoms with Crippen LogP contribution in [-0.2, 0) is 4.79 Å². The molecule has 0 heterocycles. The van der Waals surface area contributed by atoms with E-state index in [1.54, 1.807) is 0 Å². The summed E-state index contributed by atoms with van der Waals surface area (Å²) in [5.74, 6) is -0.0960. The number of hydrogen-bond acceptors (Lipinski definition) is 3. The molecule has 1 amide bonds. The third kappa shape index (κ3) is 7.11. The summed E-state index contributed by atoms with van der Waals surface area (Å²) in [5.41, 5.74) is 5.12. The Balaban J connectivity index is 3.77. The van der Waals surface area contributed by atoms with Crippen molar-refractivity contribution in [3.63, 3.8) is 0 Å². The minimum atomic E-state index is -0.0981. The van der Waals surface area contributed by atoms with E-state index >= 15 is 0 Å². The standard InChI is InChI=1S/C8H17N3O2/c1-8(2,3)4-7(12)10-5-6(9)11-13/h13H,4-5H2,1-3H3,(H2,9,11)(H,10,12). The van der Waals surface area contributed by atoms with Crippen molar-refractivity contribution in [1.29, 1.82) is 0 Å².